The molecular formula is C20H34N2O7. The van der Waals surface area contributed by atoms with Gasteiger partial charge in [0.15, 0.2) is 0 Å². The molecule has 0 radical (unpaired) electrons. The Morgan fingerprint density at radius 3 is 1.86 bits per heavy atom. The first-order valence-corrected chi connectivity index (χ1v) is 10.1. The number of amides is 3. The first kappa shape index (κ1) is 25.2. The van der Waals surface area contributed by atoms with Crippen molar-refractivity contribution >= 4 is 17.7 Å². The lowest BCUT2D eigenvalue weighted by atomic mass is 10.1. The third-order valence-electron chi connectivity index (χ3n) is 3.99. The predicted molar refractivity (Wildman–Crippen MR) is 106 cm³/mol. The Bertz CT molecular complexity index is 505. The predicted octanol–water partition coefficient (Wildman–Crippen LogP) is 0.530. The quantitative estimate of drug-likeness (QED) is 0.258. The van der Waals surface area contributed by atoms with Crippen LogP contribution in [0.1, 0.15) is 26.7 Å². The molecule has 1 N–H and O–H groups in total. The summed E-state index contributed by atoms with van der Waals surface area (Å²) >= 11 is 0. The van der Waals surface area contributed by atoms with Crippen LogP contribution in [0.2, 0.25) is 0 Å². The van der Waals surface area contributed by atoms with Crippen molar-refractivity contribution in [3.8, 4) is 0 Å². The Morgan fingerprint density at radius 1 is 0.862 bits per heavy atom. The smallest absolute Gasteiger partial charge is 0.253 e. The van der Waals surface area contributed by atoms with E-state index in [4.69, 9.17) is 18.9 Å². The Hall–Kier alpha value is -1.81. The van der Waals surface area contributed by atoms with Gasteiger partial charge in [-0.2, -0.15) is 0 Å². The number of nitrogens with zero attached hydrogens (tertiary/aromatic N) is 1. The van der Waals surface area contributed by atoms with Gasteiger partial charge in [-0.05, 0) is 12.3 Å². The van der Waals surface area contributed by atoms with E-state index < -0.39 is 0 Å². The molecule has 1 aliphatic heterocycles. The molecule has 0 bridgehead atoms. The Morgan fingerprint density at radius 2 is 1.34 bits per heavy atom. The third kappa shape index (κ3) is 13.1. The lowest BCUT2D eigenvalue weighted by molar-refractivity contribution is -0.137. The van der Waals surface area contributed by atoms with Gasteiger partial charge in [0.1, 0.15) is 0 Å². The van der Waals surface area contributed by atoms with Crippen LogP contribution in [0, 0.1) is 5.92 Å². The van der Waals surface area contributed by atoms with E-state index in [1.807, 2.05) is 0 Å². The van der Waals surface area contributed by atoms with E-state index in [2.05, 4.69) is 19.2 Å². The molecule has 0 fully saturated rings. The molecule has 0 aliphatic carbocycles. The molecule has 166 valence electrons. The van der Waals surface area contributed by atoms with E-state index in [9.17, 15) is 14.4 Å². The molecular weight excluding hydrogens is 380 g/mol. The number of rotatable bonds is 18. The highest BCUT2D eigenvalue weighted by Gasteiger charge is 2.23. The molecule has 29 heavy (non-hydrogen) atoms. The highest BCUT2D eigenvalue weighted by molar-refractivity contribution is 6.13. The van der Waals surface area contributed by atoms with E-state index in [0.29, 0.717) is 58.7 Å². The molecule has 0 aromatic heterocycles. The van der Waals surface area contributed by atoms with Gasteiger partial charge in [-0.15, -0.1) is 0 Å². The molecule has 0 aromatic carbocycles. The van der Waals surface area contributed by atoms with Crippen LogP contribution in [0.25, 0.3) is 0 Å². The maximum absolute atomic E-state index is 11.7. The highest BCUT2D eigenvalue weighted by Crippen LogP contribution is 2.03. The molecule has 0 unspecified atom stereocenters. The lowest BCUT2D eigenvalue weighted by Crippen LogP contribution is -2.35. The van der Waals surface area contributed by atoms with Gasteiger partial charge in [0, 0.05) is 38.3 Å². The van der Waals surface area contributed by atoms with Crippen LogP contribution >= 0.6 is 0 Å². The summed E-state index contributed by atoms with van der Waals surface area (Å²) in [6, 6.07) is 0. The number of hydrogen-bond donors (Lipinski definition) is 1. The Balaban J connectivity index is 1.79. The highest BCUT2D eigenvalue weighted by atomic mass is 16.6. The summed E-state index contributed by atoms with van der Waals surface area (Å²) in [6.07, 6.45) is 3.54. The van der Waals surface area contributed by atoms with Crippen LogP contribution in [0.5, 0.6) is 0 Å². The van der Waals surface area contributed by atoms with Crippen molar-refractivity contribution in [2.24, 2.45) is 5.92 Å². The van der Waals surface area contributed by atoms with Crippen LogP contribution in [-0.4, -0.2) is 88.6 Å². The van der Waals surface area contributed by atoms with E-state index in [-0.39, 0.29) is 30.7 Å². The summed E-state index contributed by atoms with van der Waals surface area (Å²) in [7, 11) is 0. The minimum atomic E-state index is -0.383. The first-order chi connectivity index (χ1) is 14.0. The van der Waals surface area contributed by atoms with Crippen molar-refractivity contribution < 1.29 is 33.3 Å². The van der Waals surface area contributed by atoms with E-state index in [1.165, 1.54) is 12.2 Å². The summed E-state index contributed by atoms with van der Waals surface area (Å²) in [5.41, 5.74) is 0. The van der Waals surface area contributed by atoms with Crippen molar-refractivity contribution in [1.82, 2.24) is 10.2 Å². The van der Waals surface area contributed by atoms with Crippen LogP contribution in [0.15, 0.2) is 12.2 Å². The number of hydrogen-bond acceptors (Lipinski definition) is 7. The molecule has 9 nitrogen and oxygen atoms in total. The summed E-state index contributed by atoms with van der Waals surface area (Å²) < 4.78 is 21.6. The number of carbonyl (C=O) groups excluding carboxylic acids is 3. The fourth-order valence-corrected chi connectivity index (χ4v) is 2.30. The van der Waals surface area contributed by atoms with Gasteiger partial charge < -0.3 is 24.3 Å². The monoisotopic (exact) mass is 414 g/mol. The first-order valence-electron chi connectivity index (χ1n) is 10.1. The number of ether oxygens (including phenoxy) is 4. The van der Waals surface area contributed by atoms with Gasteiger partial charge in [-0.1, -0.05) is 13.8 Å². The summed E-state index contributed by atoms with van der Waals surface area (Å²) in [5.74, 6) is -0.347. The van der Waals surface area contributed by atoms with Crippen molar-refractivity contribution in [1.29, 1.82) is 0 Å². The molecule has 0 saturated carbocycles. The maximum atomic E-state index is 11.7. The molecule has 1 heterocycles. The second-order valence-electron chi connectivity index (χ2n) is 6.89. The molecule has 0 saturated heterocycles. The summed E-state index contributed by atoms with van der Waals surface area (Å²) in [5, 5.41) is 2.68. The average Bonchev–Trinajstić information content (AvgIpc) is 3.00. The number of nitrogens with one attached hydrogen (secondary N) is 1. The van der Waals surface area contributed by atoms with Crippen molar-refractivity contribution in [3.63, 3.8) is 0 Å². The molecule has 0 spiro atoms. The normalized spacial score (nSPS) is 13.7. The van der Waals surface area contributed by atoms with Gasteiger partial charge >= 0.3 is 0 Å². The van der Waals surface area contributed by atoms with Gasteiger partial charge in [-0.3, -0.25) is 19.3 Å². The summed E-state index contributed by atoms with van der Waals surface area (Å²) in [6.45, 7) is 8.96. The largest absolute Gasteiger partial charge is 0.379 e. The van der Waals surface area contributed by atoms with Gasteiger partial charge in [-0.25, -0.2) is 0 Å². The van der Waals surface area contributed by atoms with Crippen molar-refractivity contribution in [2.45, 2.75) is 26.7 Å². The van der Waals surface area contributed by atoms with Gasteiger partial charge in [0.05, 0.1) is 46.2 Å². The molecule has 1 aliphatic rings. The fourth-order valence-electron chi connectivity index (χ4n) is 2.30. The van der Waals surface area contributed by atoms with Crippen LogP contribution in [-0.2, 0) is 33.3 Å². The van der Waals surface area contributed by atoms with Crippen molar-refractivity contribution in [3.05, 3.63) is 12.2 Å². The second-order valence-corrected chi connectivity index (χ2v) is 6.89. The minimum Gasteiger partial charge on any atom is -0.379 e. The third-order valence-corrected chi connectivity index (χ3v) is 3.99. The summed E-state index contributed by atoms with van der Waals surface area (Å²) in [4.78, 5) is 35.4. The maximum Gasteiger partial charge on any atom is 0.253 e. The van der Waals surface area contributed by atoms with Crippen LogP contribution in [0.3, 0.4) is 0 Å². The van der Waals surface area contributed by atoms with Crippen molar-refractivity contribution in [2.75, 3.05) is 65.9 Å². The second kappa shape index (κ2) is 16.0. The van der Waals surface area contributed by atoms with Crippen LogP contribution < -0.4 is 5.32 Å². The van der Waals surface area contributed by atoms with E-state index in [0.717, 1.165) is 17.9 Å². The van der Waals surface area contributed by atoms with Crippen LogP contribution in [0.4, 0.5) is 0 Å². The Kier molecular flexibility index (Phi) is 14.0. The van der Waals surface area contributed by atoms with E-state index >= 15 is 0 Å². The molecule has 1 rings (SSSR count). The van der Waals surface area contributed by atoms with E-state index in [1.54, 1.807) is 0 Å². The molecule has 9 heteroatoms. The SMILES string of the molecule is CC(C)CCOCCOCCOCCOCCNC(=O)CCN1C(=O)C=CC1=O. The standard InChI is InChI=1S/C20H34N2O7/c1-17(2)6-9-26-11-13-28-15-16-29-14-12-27-10-7-21-18(23)5-8-22-19(24)3-4-20(22)25/h3-4,17H,5-16H2,1-2H3,(H,21,23). The minimum absolute atomic E-state index is 0.0744. The molecule has 0 aromatic rings. The lowest BCUT2D eigenvalue weighted by Gasteiger charge is -2.13. The fraction of sp³-hybridized carbons (Fsp3) is 0.750. The number of imide groups is 1. The molecule has 3 amide bonds. The van der Waals surface area contributed by atoms with Gasteiger partial charge in [0.2, 0.25) is 5.91 Å². The number of carbonyl (C=O) groups is 3. The zero-order chi connectivity index (χ0) is 21.3. The zero-order valence-electron chi connectivity index (χ0n) is 17.5. The molecule has 0 atom stereocenters. The topological polar surface area (TPSA) is 103 Å². The Labute approximate surface area is 172 Å². The van der Waals surface area contributed by atoms with Gasteiger partial charge in [0.25, 0.3) is 11.8 Å². The average molecular weight is 414 g/mol. The zero-order valence-corrected chi connectivity index (χ0v) is 17.5.